The SMILES string of the molecule is CCC(C)[Si](OC(=O)[C@H](Cc1ccccc1)NC(=O)OCc1ccccc1)(C(C)CC)C(C)(C)c1ccccc1. The summed E-state index contributed by atoms with van der Waals surface area (Å²) in [5, 5.41) is 2.49. The molecular weight excluding hydrogens is 514 g/mol. The van der Waals surface area contributed by atoms with Crippen LogP contribution in [0.2, 0.25) is 11.1 Å². The lowest BCUT2D eigenvalue weighted by atomic mass is 10.0. The van der Waals surface area contributed by atoms with Gasteiger partial charge in [0, 0.05) is 11.5 Å². The third-order valence-electron chi connectivity index (χ3n) is 8.50. The van der Waals surface area contributed by atoms with E-state index in [1.807, 2.05) is 78.9 Å². The molecule has 1 N–H and O–H groups in total. The Balaban J connectivity index is 1.96. The molecule has 40 heavy (non-hydrogen) atoms. The monoisotopic (exact) mass is 559 g/mol. The third-order valence-corrected chi connectivity index (χ3v) is 15.0. The Morgan fingerprint density at radius 1 is 0.775 bits per heavy atom. The van der Waals surface area contributed by atoms with Crippen molar-refractivity contribution in [2.24, 2.45) is 0 Å². The van der Waals surface area contributed by atoms with Crippen molar-refractivity contribution < 1.29 is 18.8 Å². The number of alkyl carbamates (subject to hydrolysis) is 1. The maximum absolute atomic E-state index is 14.2. The number of carbonyl (C=O) groups excluding carboxylic acids is 2. The zero-order chi connectivity index (χ0) is 29.2. The average molecular weight is 560 g/mol. The highest BCUT2D eigenvalue weighted by Crippen LogP contribution is 2.50. The van der Waals surface area contributed by atoms with Crippen LogP contribution in [0.4, 0.5) is 4.79 Å². The van der Waals surface area contributed by atoms with E-state index in [-0.39, 0.29) is 22.7 Å². The molecule has 0 bridgehead atoms. The first kappa shape index (κ1) is 31.1. The van der Waals surface area contributed by atoms with Crippen molar-refractivity contribution in [3.8, 4) is 0 Å². The lowest BCUT2D eigenvalue weighted by Crippen LogP contribution is -2.63. The van der Waals surface area contributed by atoms with Crippen LogP contribution >= 0.6 is 0 Å². The summed E-state index contributed by atoms with van der Waals surface area (Å²) in [5.41, 5.74) is 3.39. The van der Waals surface area contributed by atoms with Crippen LogP contribution in [0.3, 0.4) is 0 Å². The van der Waals surface area contributed by atoms with E-state index < -0.39 is 26.4 Å². The van der Waals surface area contributed by atoms with Crippen molar-refractivity contribution in [2.75, 3.05) is 0 Å². The van der Waals surface area contributed by atoms with E-state index in [0.717, 1.165) is 24.0 Å². The maximum Gasteiger partial charge on any atom is 0.408 e. The van der Waals surface area contributed by atoms with Crippen LogP contribution in [0, 0.1) is 0 Å². The van der Waals surface area contributed by atoms with Gasteiger partial charge in [-0.2, -0.15) is 0 Å². The third kappa shape index (κ3) is 7.22. The number of rotatable bonds is 13. The smallest absolute Gasteiger partial charge is 0.408 e. The van der Waals surface area contributed by atoms with E-state index in [9.17, 15) is 9.59 Å². The van der Waals surface area contributed by atoms with Crippen LogP contribution in [-0.4, -0.2) is 26.4 Å². The van der Waals surface area contributed by atoms with Crippen molar-refractivity contribution in [3.63, 3.8) is 0 Å². The molecule has 3 aromatic rings. The van der Waals surface area contributed by atoms with Gasteiger partial charge in [0.15, 0.2) is 0 Å². The fourth-order valence-corrected chi connectivity index (χ4v) is 12.3. The summed E-state index contributed by atoms with van der Waals surface area (Å²) in [6.07, 6.45) is 1.48. The average Bonchev–Trinajstić information content (AvgIpc) is 2.99. The van der Waals surface area contributed by atoms with E-state index in [0.29, 0.717) is 6.42 Å². The van der Waals surface area contributed by atoms with Gasteiger partial charge in [0.25, 0.3) is 8.32 Å². The first-order chi connectivity index (χ1) is 19.2. The molecule has 0 saturated heterocycles. The molecule has 0 fully saturated rings. The summed E-state index contributed by atoms with van der Waals surface area (Å²) < 4.78 is 12.4. The number of carbonyl (C=O) groups is 2. The van der Waals surface area contributed by atoms with Gasteiger partial charge >= 0.3 is 12.1 Å². The summed E-state index contributed by atoms with van der Waals surface area (Å²) in [4.78, 5) is 27.2. The number of hydrogen-bond donors (Lipinski definition) is 1. The predicted molar refractivity (Wildman–Crippen MR) is 164 cm³/mol. The molecule has 6 heteroatoms. The van der Waals surface area contributed by atoms with E-state index in [1.54, 1.807) is 0 Å². The normalized spacial score (nSPS) is 15.2. The predicted octanol–water partition coefficient (Wildman–Crippen LogP) is 8.13. The summed E-state index contributed by atoms with van der Waals surface area (Å²) >= 11 is 0. The van der Waals surface area contributed by atoms with Gasteiger partial charge in [0.05, 0.1) is 0 Å². The maximum atomic E-state index is 14.2. The number of hydrogen-bond acceptors (Lipinski definition) is 4. The number of nitrogens with one attached hydrogen (secondary N) is 1. The molecule has 0 aliphatic carbocycles. The molecule has 5 nitrogen and oxygen atoms in total. The minimum absolute atomic E-state index is 0.124. The molecule has 214 valence electrons. The highest BCUT2D eigenvalue weighted by molar-refractivity contribution is 6.80. The summed E-state index contributed by atoms with van der Waals surface area (Å²) in [7, 11) is -2.88. The van der Waals surface area contributed by atoms with Gasteiger partial charge in [0.2, 0.25) is 0 Å². The molecule has 2 unspecified atom stereocenters. The Morgan fingerprint density at radius 3 is 1.75 bits per heavy atom. The second kappa shape index (κ2) is 14.3. The Morgan fingerprint density at radius 2 is 1.25 bits per heavy atom. The largest absolute Gasteiger partial charge is 0.516 e. The van der Waals surface area contributed by atoms with Gasteiger partial charge in [-0.3, -0.25) is 4.79 Å². The summed E-state index contributed by atoms with van der Waals surface area (Å²) in [6, 6.07) is 28.7. The standard InChI is InChI=1S/C34H45NO4Si/c1-7-26(3)40(27(4)8-2,34(5,6)30-22-16-11-17-23-30)39-32(36)31(24-28-18-12-9-13-19-28)35-33(37)38-25-29-20-14-10-15-21-29/h9-23,26-27,31H,7-8,24-25H2,1-6H3,(H,35,37)/t26?,27?,31-,40?/m0/s1. The van der Waals surface area contributed by atoms with Crippen LogP contribution in [0.15, 0.2) is 91.0 Å². The first-order valence-electron chi connectivity index (χ1n) is 14.4. The fraction of sp³-hybridized carbons (Fsp3) is 0.412. The van der Waals surface area contributed by atoms with Crippen molar-refractivity contribution in [1.82, 2.24) is 5.32 Å². The van der Waals surface area contributed by atoms with Crippen molar-refractivity contribution >= 4 is 20.4 Å². The fourth-order valence-electron chi connectivity index (χ4n) is 5.92. The molecule has 3 rings (SSSR count). The molecule has 1 amide bonds. The van der Waals surface area contributed by atoms with Crippen molar-refractivity contribution in [3.05, 3.63) is 108 Å². The second-order valence-corrected chi connectivity index (χ2v) is 16.3. The van der Waals surface area contributed by atoms with Gasteiger partial charge in [-0.05, 0) is 27.8 Å². The lowest BCUT2D eigenvalue weighted by molar-refractivity contribution is -0.138. The van der Waals surface area contributed by atoms with E-state index in [1.165, 1.54) is 5.56 Å². The minimum atomic E-state index is -2.88. The molecule has 0 aromatic heterocycles. The lowest BCUT2D eigenvalue weighted by Gasteiger charge is -2.51. The Labute approximate surface area is 241 Å². The zero-order valence-corrected chi connectivity index (χ0v) is 25.9. The minimum Gasteiger partial charge on any atom is -0.516 e. The second-order valence-electron chi connectivity index (χ2n) is 11.3. The molecule has 0 saturated carbocycles. The number of amides is 1. The highest BCUT2D eigenvalue weighted by Gasteiger charge is 2.59. The van der Waals surface area contributed by atoms with Gasteiger partial charge in [-0.1, -0.05) is 145 Å². The summed E-state index contributed by atoms with van der Waals surface area (Å²) in [6.45, 7) is 13.4. The van der Waals surface area contributed by atoms with Crippen LogP contribution in [-0.2, 0) is 32.0 Å². The quantitative estimate of drug-likeness (QED) is 0.215. The molecular formula is C34H45NO4Si. The van der Waals surface area contributed by atoms with Crippen LogP contribution in [0.25, 0.3) is 0 Å². The molecule has 0 radical (unpaired) electrons. The number of ether oxygens (including phenoxy) is 1. The molecule has 3 aromatic carbocycles. The van der Waals surface area contributed by atoms with E-state index in [2.05, 4.69) is 59.0 Å². The van der Waals surface area contributed by atoms with E-state index >= 15 is 0 Å². The number of benzene rings is 3. The Bertz CT molecular complexity index is 1190. The first-order valence-corrected chi connectivity index (χ1v) is 16.5. The molecule has 0 spiro atoms. The Hall–Kier alpha value is -3.38. The zero-order valence-electron chi connectivity index (χ0n) is 24.9. The van der Waals surface area contributed by atoms with Gasteiger partial charge < -0.3 is 14.5 Å². The summed E-state index contributed by atoms with van der Waals surface area (Å²) in [5.74, 6) is -0.392. The van der Waals surface area contributed by atoms with E-state index in [4.69, 9.17) is 9.16 Å². The van der Waals surface area contributed by atoms with Crippen LogP contribution in [0.5, 0.6) is 0 Å². The van der Waals surface area contributed by atoms with Crippen LogP contribution in [0.1, 0.15) is 71.1 Å². The molecule has 0 aliphatic rings. The van der Waals surface area contributed by atoms with Gasteiger partial charge in [-0.25, -0.2) is 4.79 Å². The van der Waals surface area contributed by atoms with Gasteiger partial charge in [0.1, 0.15) is 12.6 Å². The van der Waals surface area contributed by atoms with Crippen molar-refractivity contribution in [1.29, 1.82) is 0 Å². The molecule has 3 atom stereocenters. The molecule has 0 heterocycles. The Kier molecular flexibility index (Phi) is 11.1. The van der Waals surface area contributed by atoms with Crippen molar-refractivity contribution in [2.45, 2.75) is 89.6 Å². The van der Waals surface area contributed by atoms with Gasteiger partial charge in [-0.15, -0.1) is 0 Å². The van der Waals surface area contributed by atoms with Crippen LogP contribution < -0.4 is 5.32 Å². The highest BCUT2D eigenvalue weighted by atomic mass is 28.4. The molecule has 0 aliphatic heterocycles. The topological polar surface area (TPSA) is 64.6 Å².